The van der Waals surface area contributed by atoms with Crippen molar-refractivity contribution in [2.75, 3.05) is 18.6 Å². The number of halogens is 1. The van der Waals surface area contributed by atoms with Crippen molar-refractivity contribution in [3.63, 3.8) is 0 Å². The summed E-state index contributed by atoms with van der Waals surface area (Å²) < 4.78 is 13.1. The van der Waals surface area contributed by atoms with Gasteiger partial charge < -0.3 is 5.32 Å². The number of benzene rings is 2. The Morgan fingerprint density at radius 2 is 1.62 bits per heavy atom. The molecule has 1 N–H and O–H groups in total. The highest BCUT2D eigenvalue weighted by Crippen LogP contribution is 2.22. The quantitative estimate of drug-likeness (QED) is 0.713. The van der Waals surface area contributed by atoms with Crippen LogP contribution < -0.4 is 5.32 Å². The molecule has 0 saturated carbocycles. The molecule has 0 aliphatic rings. The topological polar surface area (TPSA) is 12.0 Å². The van der Waals surface area contributed by atoms with Crippen LogP contribution in [0.15, 0.2) is 54.6 Å². The fraction of sp³-hybridized carbons (Fsp3) is 0.333. The zero-order valence-corrected chi connectivity index (χ0v) is 13.2. The summed E-state index contributed by atoms with van der Waals surface area (Å²) >= 11 is 1.89. The third kappa shape index (κ3) is 5.18. The van der Waals surface area contributed by atoms with Crippen molar-refractivity contribution in [1.29, 1.82) is 0 Å². The summed E-state index contributed by atoms with van der Waals surface area (Å²) in [5, 5.41) is 3.60. The molecule has 0 heterocycles. The van der Waals surface area contributed by atoms with Crippen LogP contribution in [0.5, 0.6) is 0 Å². The number of thioether (sulfide) groups is 1. The first-order valence-corrected chi connectivity index (χ1v) is 8.73. The largest absolute Gasteiger partial charge is 0.306 e. The van der Waals surface area contributed by atoms with E-state index in [1.54, 1.807) is 0 Å². The van der Waals surface area contributed by atoms with Gasteiger partial charge in [0.05, 0.1) is 6.04 Å². The molecule has 0 bridgehead atoms. The molecule has 1 unspecified atom stereocenters. The van der Waals surface area contributed by atoms with E-state index in [-0.39, 0.29) is 11.9 Å². The highest BCUT2D eigenvalue weighted by Gasteiger charge is 2.12. The third-order valence-electron chi connectivity index (χ3n) is 3.46. The molecule has 0 aliphatic heterocycles. The number of unbranched alkanes of at least 4 members (excludes halogenated alkanes) is 1. The number of hydrogen-bond donors (Lipinski definition) is 1. The van der Waals surface area contributed by atoms with Crippen molar-refractivity contribution in [3.05, 3.63) is 71.5 Å². The fourth-order valence-corrected chi connectivity index (χ4v) is 2.84. The molecular formula is C18H22FNS. The molecule has 112 valence electrons. The predicted octanol–water partition coefficient (Wildman–Crippen LogP) is 4.65. The number of rotatable bonds is 8. The van der Waals surface area contributed by atoms with E-state index in [0.717, 1.165) is 18.5 Å². The molecule has 21 heavy (non-hydrogen) atoms. The lowest BCUT2D eigenvalue weighted by Crippen LogP contribution is -2.23. The molecule has 0 radical (unpaired) electrons. The normalized spacial score (nSPS) is 12.3. The van der Waals surface area contributed by atoms with E-state index in [0.29, 0.717) is 0 Å². The minimum absolute atomic E-state index is 0.126. The van der Waals surface area contributed by atoms with Crippen LogP contribution in [0, 0.1) is 5.82 Å². The minimum Gasteiger partial charge on any atom is -0.306 e. The highest BCUT2D eigenvalue weighted by atomic mass is 32.2. The zero-order valence-electron chi connectivity index (χ0n) is 12.4. The van der Waals surface area contributed by atoms with E-state index in [2.05, 4.69) is 23.7 Å². The molecule has 0 spiro atoms. The van der Waals surface area contributed by atoms with Gasteiger partial charge in [0.25, 0.3) is 0 Å². The fourth-order valence-electron chi connectivity index (χ4n) is 2.35. The van der Waals surface area contributed by atoms with Gasteiger partial charge in [0, 0.05) is 0 Å². The smallest absolute Gasteiger partial charge is 0.123 e. The maximum Gasteiger partial charge on any atom is 0.123 e. The number of nitrogens with one attached hydrogen (secondary N) is 1. The Morgan fingerprint density at radius 3 is 2.29 bits per heavy atom. The van der Waals surface area contributed by atoms with Crippen LogP contribution in [0.25, 0.3) is 0 Å². The second kappa shape index (κ2) is 8.85. The highest BCUT2D eigenvalue weighted by molar-refractivity contribution is 7.98. The van der Waals surface area contributed by atoms with E-state index in [1.807, 2.05) is 42.1 Å². The first-order valence-electron chi connectivity index (χ1n) is 7.34. The second-order valence-corrected chi connectivity index (χ2v) is 6.03. The maximum absolute atomic E-state index is 13.1. The van der Waals surface area contributed by atoms with E-state index in [4.69, 9.17) is 0 Å². The molecular weight excluding hydrogens is 281 g/mol. The van der Waals surface area contributed by atoms with Gasteiger partial charge in [0.2, 0.25) is 0 Å². The van der Waals surface area contributed by atoms with Gasteiger partial charge in [-0.3, -0.25) is 0 Å². The molecule has 2 aromatic rings. The molecule has 1 atom stereocenters. The maximum atomic E-state index is 13.1. The van der Waals surface area contributed by atoms with Crippen molar-refractivity contribution < 1.29 is 4.39 Å². The van der Waals surface area contributed by atoms with Crippen molar-refractivity contribution in [1.82, 2.24) is 5.32 Å². The molecule has 0 amide bonds. The Morgan fingerprint density at radius 1 is 0.952 bits per heavy atom. The van der Waals surface area contributed by atoms with Gasteiger partial charge in [0.1, 0.15) is 5.82 Å². The summed E-state index contributed by atoms with van der Waals surface area (Å²) in [5.41, 5.74) is 2.32. The first-order chi connectivity index (χ1) is 10.3. The minimum atomic E-state index is -0.189. The Balaban J connectivity index is 2.06. The standard InChI is InChI=1S/C18H22FNS/c1-21-14-6-5-13-20-18(15-7-3-2-4-8-15)16-9-11-17(19)12-10-16/h2-4,7-12,18,20H,5-6,13-14H2,1H3. The van der Waals surface area contributed by atoms with Gasteiger partial charge in [-0.05, 0) is 54.7 Å². The Labute approximate surface area is 131 Å². The van der Waals surface area contributed by atoms with E-state index in [9.17, 15) is 4.39 Å². The van der Waals surface area contributed by atoms with Crippen LogP contribution in [0.4, 0.5) is 4.39 Å². The summed E-state index contributed by atoms with van der Waals surface area (Å²) in [7, 11) is 0. The van der Waals surface area contributed by atoms with Crippen LogP contribution >= 0.6 is 11.8 Å². The average Bonchev–Trinajstić information content (AvgIpc) is 2.53. The van der Waals surface area contributed by atoms with Gasteiger partial charge in [-0.1, -0.05) is 42.5 Å². The Kier molecular flexibility index (Phi) is 6.77. The molecule has 1 nitrogen and oxygen atoms in total. The van der Waals surface area contributed by atoms with Crippen molar-refractivity contribution in [3.8, 4) is 0 Å². The molecule has 2 aromatic carbocycles. The average molecular weight is 303 g/mol. The van der Waals surface area contributed by atoms with Crippen LogP contribution in [0.3, 0.4) is 0 Å². The van der Waals surface area contributed by atoms with Crippen LogP contribution in [-0.4, -0.2) is 18.6 Å². The summed E-state index contributed by atoms with van der Waals surface area (Å²) in [4.78, 5) is 0. The van der Waals surface area contributed by atoms with Crippen LogP contribution in [-0.2, 0) is 0 Å². The Hall–Kier alpha value is -1.32. The van der Waals surface area contributed by atoms with Crippen LogP contribution in [0.1, 0.15) is 30.0 Å². The zero-order chi connectivity index (χ0) is 14.9. The molecule has 0 aromatic heterocycles. The molecule has 0 aliphatic carbocycles. The first kappa shape index (κ1) is 16.1. The van der Waals surface area contributed by atoms with Crippen molar-refractivity contribution in [2.45, 2.75) is 18.9 Å². The third-order valence-corrected chi connectivity index (χ3v) is 4.16. The summed E-state index contributed by atoms with van der Waals surface area (Å²) in [5.74, 6) is 1.01. The molecule has 3 heteroatoms. The van der Waals surface area contributed by atoms with Gasteiger partial charge in [-0.15, -0.1) is 0 Å². The lowest BCUT2D eigenvalue weighted by Gasteiger charge is -2.20. The SMILES string of the molecule is CSCCCCNC(c1ccccc1)c1ccc(F)cc1. The summed E-state index contributed by atoms with van der Waals surface area (Å²) in [6.45, 7) is 0.970. The van der Waals surface area contributed by atoms with Crippen molar-refractivity contribution in [2.24, 2.45) is 0 Å². The predicted molar refractivity (Wildman–Crippen MR) is 90.3 cm³/mol. The van der Waals surface area contributed by atoms with E-state index < -0.39 is 0 Å². The van der Waals surface area contributed by atoms with Gasteiger partial charge in [-0.2, -0.15) is 11.8 Å². The lowest BCUT2D eigenvalue weighted by atomic mass is 9.98. The van der Waals surface area contributed by atoms with E-state index >= 15 is 0 Å². The summed E-state index contributed by atoms with van der Waals surface area (Å²) in [6, 6.07) is 17.2. The molecule has 2 rings (SSSR count). The molecule has 0 saturated heterocycles. The second-order valence-electron chi connectivity index (χ2n) is 5.05. The van der Waals surface area contributed by atoms with E-state index in [1.165, 1.54) is 29.9 Å². The number of hydrogen-bond acceptors (Lipinski definition) is 2. The summed E-state index contributed by atoms with van der Waals surface area (Å²) in [6.07, 6.45) is 4.52. The van der Waals surface area contributed by atoms with Gasteiger partial charge >= 0.3 is 0 Å². The van der Waals surface area contributed by atoms with Crippen molar-refractivity contribution >= 4 is 11.8 Å². The van der Waals surface area contributed by atoms with Crippen LogP contribution in [0.2, 0.25) is 0 Å². The lowest BCUT2D eigenvalue weighted by molar-refractivity contribution is 0.577. The molecule has 0 fully saturated rings. The monoisotopic (exact) mass is 303 g/mol. The van der Waals surface area contributed by atoms with Gasteiger partial charge in [0.15, 0.2) is 0 Å². The Bertz CT molecular complexity index is 513. The van der Waals surface area contributed by atoms with Gasteiger partial charge in [-0.25, -0.2) is 4.39 Å².